The normalized spacial score (nSPS) is 12.8. The Morgan fingerprint density at radius 1 is 1.19 bits per heavy atom. The minimum atomic E-state index is 0.631. The van der Waals surface area contributed by atoms with Crippen molar-refractivity contribution in [2.75, 3.05) is 20.7 Å². The van der Waals surface area contributed by atoms with Crippen molar-refractivity contribution in [3.05, 3.63) is 29.8 Å². The minimum absolute atomic E-state index is 0.631. The molecule has 0 amide bonds. The molecule has 0 radical (unpaired) electrons. The smallest absolute Gasteiger partial charge is 0.119 e. The molecule has 0 bridgehead atoms. The first-order valence-corrected chi connectivity index (χ1v) is 6.01. The first-order chi connectivity index (χ1) is 7.63. The number of aryl methyl sites for hydroxylation is 1. The largest absolute Gasteiger partial charge is 0.494 e. The van der Waals surface area contributed by atoms with Crippen molar-refractivity contribution < 1.29 is 4.74 Å². The number of nitrogens with zero attached hydrogens (tertiary/aromatic N) is 1. The Hall–Kier alpha value is -1.02. The molecule has 2 heteroatoms. The van der Waals surface area contributed by atoms with Gasteiger partial charge < -0.3 is 9.64 Å². The van der Waals surface area contributed by atoms with E-state index in [1.54, 1.807) is 0 Å². The molecular weight excluding hydrogens is 198 g/mol. The predicted octanol–water partition coefficient (Wildman–Crippen LogP) is 2.97. The van der Waals surface area contributed by atoms with E-state index in [2.05, 4.69) is 50.2 Å². The molecule has 0 fully saturated rings. The summed E-state index contributed by atoms with van der Waals surface area (Å²) in [7, 11) is 4.26. The second-order valence-corrected chi connectivity index (χ2v) is 4.43. The molecule has 0 aromatic heterocycles. The van der Waals surface area contributed by atoms with Gasteiger partial charge in [0, 0.05) is 6.04 Å². The topological polar surface area (TPSA) is 12.5 Å². The van der Waals surface area contributed by atoms with Gasteiger partial charge in [0.2, 0.25) is 0 Å². The highest BCUT2D eigenvalue weighted by atomic mass is 16.5. The van der Waals surface area contributed by atoms with Gasteiger partial charge in [-0.05, 0) is 58.5 Å². The van der Waals surface area contributed by atoms with E-state index in [-0.39, 0.29) is 0 Å². The maximum absolute atomic E-state index is 5.42. The summed E-state index contributed by atoms with van der Waals surface area (Å²) in [4.78, 5) is 2.26. The zero-order chi connectivity index (χ0) is 12.0. The molecule has 16 heavy (non-hydrogen) atoms. The molecule has 90 valence electrons. The summed E-state index contributed by atoms with van der Waals surface area (Å²) in [6.07, 6.45) is 2.33. The van der Waals surface area contributed by atoms with Crippen LogP contribution >= 0.6 is 0 Å². The number of benzene rings is 1. The van der Waals surface area contributed by atoms with Gasteiger partial charge in [-0.25, -0.2) is 0 Å². The van der Waals surface area contributed by atoms with Gasteiger partial charge in [0.05, 0.1) is 6.61 Å². The maximum atomic E-state index is 5.42. The van der Waals surface area contributed by atoms with Crippen molar-refractivity contribution in [3.63, 3.8) is 0 Å². The standard InChI is InChI=1S/C14H23NO/c1-5-16-14-10-8-13(9-11-14)7-6-12(2)15(3)4/h8-12H,5-7H2,1-4H3. The van der Waals surface area contributed by atoms with Crippen LogP contribution in [0.1, 0.15) is 25.8 Å². The Labute approximate surface area is 99.2 Å². The van der Waals surface area contributed by atoms with Crippen molar-refractivity contribution in [2.45, 2.75) is 32.7 Å². The van der Waals surface area contributed by atoms with Crippen LogP contribution in [0.5, 0.6) is 5.75 Å². The molecule has 1 aromatic rings. The highest BCUT2D eigenvalue weighted by Gasteiger charge is 2.04. The molecule has 0 saturated heterocycles. The van der Waals surface area contributed by atoms with Crippen LogP contribution in [0.15, 0.2) is 24.3 Å². The number of hydrogen-bond acceptors (Lipinski definition) is 2. The summed E-state index contributed by atoms with van der Waals surface area (Å²) in [6, 6.07) is 9.06. The Kier molecular flexibility index (Phi) is 5.33. The molecule has 0 saturated carbocycles. The fourth-order valence-corrected chi connectivity index (χ4v) is 1.55. The van der Waals surface area contributed by atoms with E-state index in [0.717, 1.165) is 18.8 Å². The van der Waals surface area contributed by atoms with Gasteiger partial charge >= 0.3 is 0 Å². The zero-order valence-electron chi connectivity index (χ0n) is 10.9. The molecule has 0 spiro atoms. The molecule has 0 aliphatic carbocycles. The van der Waals surface area contributed by atoms with Crippen LogP contribution in [0.2, 0.25) is 0 Å². The molecule has 1 unspecified atom stereocenters. The second-order valence-electron chi connectivity index (χ2n) is 4.43. The summed E-state index contributed by atoms with van der Waals surface area (Å²) >= 11 is 0. The highest BCUT2D eigenvalue weighted by Crippen LogP contribution is 2.14. The van der Waals surface area contributed by atoms with Crippen molar-refractivity contribution in [1.29, 1.82) is 0 Å². The van der Waals surface area contributed by atoms with E-state index in [9.17, 15) is 0 Å². The van der Waals surface area contributed by atoms with E-state index >= 15 is 0 Å². The third kappa shape index (κ3) is 4.23. The third-order valence-corrected chi connectivity index (χ3v) is 2.97. The van der Waals surface area contributed by atoms with Crippen molar-refractivity contribution in [2.24, 2.45) is 0 Å². The van der Waals surface area contributed by atoms with Crippen molar-refractivity contribution >= 4 is 0 Å². The third-order valence-electron chi connectivity index (χ3n) is 2.97. The van der Waals surface area contributed by atoms with Crippen LogP contribution in [-0.2, 0) is 6.42 Å². The van der Waals surface area contributed by atoms with Gasteiger partial charge in [-0.1, -0.05) is 12.1 Å². The average Bonchev–Trinajstić information content (AvgIpc) is 2.28. The summed E-state index contributed by atoms with van der Waals surface area (Å²) in [6.45, 7) is 5.00. The van der Waals surface area contributed by atoms with Gasteiger partial charge in [0.15, 0.2) is 0 Å². The summed E-state index contributed by atoms with van der Waals surface area (Å²) in [5.41, 5.74) is 1.39. The zero-order valence-corrected chi connectivity index (χ0v) is 10.9. The van der Waals surface area contributed by atoms with E-state index < -0.39 is 0 Å². The van der Waals surface area contributed by atoms with Crippen LogP contribution in [0, 0.1) is 0 Å². The lowest BCUT2D eigenvalue weighted by Crippen LogP contribution is -2.24. The fourth-order valence-electron chi connectivity index (χ4n) is 1.55. The SMILES string of the molecule is CCOc1ccc(CCC(C)N(C)C)cc1. The van der Waals surface area contributed by atoms with E-state index in [1.165, 1.54) is 12.0 Å². The fraction of sp³-hybridized carbons (Fsp3) is 0.571. The molecule has 2 nitrogen and oxygen atoms in total. The van der Waals surface area contributed by atoms with Crippen LogP contribution in [0.25, 0.3) is 0 Å². The van der Waals surface area contributed by atoms with Crippen LogP contribution < -0.4 is 4.74 Å². The molecule has 1 rings (SSSR count). The van der Waals surface area contributed by atoms with Crippen LogP contribution in [0.3, 0.4) is 0 Å². The molecule has 0 heterocycles. The average molecular weight is 221 g/mol. The summed E-state index contributed by atoms with van der Waals surface area (Å²) in [5.74, 6) is 0.965. The maximum Gasteiger partial charge on any atom is 0.119 e. The number of hydrogen-bond donors (Lipinski definition) is 0. The highest BCUT2D eigenvalue weighted by molar-refractivity contribution is 5.27. The molecule has 0 aliphatic rings. The van der Waals surface area contributed by atoms with Crippen LogP contribution in [0.4, 0.5) is 0 Å². The Balaban J connectivity index is 2.43. The monoisotopic (exact) mass is 221 g/mol. The predicted molar refractivity (Wildman–Crippen MR) is 69.1 cm³/mol. The minimum Gasteiger partial charge on any atom is -0.494 e. The Bertz CT molecular complexity index is 292. The van der Waals surface area contributed by atoms with E-state index in [1.807, 2.05) is 6.92 Å². The quantitative estimate of drug-likeness (QED) is 0.732. The summed E-state index contributed by atoms with van der Waals surface area (Å²) in [5, 5.41) is 0. The molecule has 0 N–H and O–H groups in total. The second kappa shape index (κ2) is 6.54. The van der Waals surface area contributed by atoms with Crippen molar-refractivity contribution in [3.8, 4) is 5.75 Å². The van der Waals surface area contributed by atoms with Gasteiger partial charge in [0.1, 0.15) is 5.75 Å². The molecular formula is C14H23NO. The van der Waals surface area contributed by atoms with Gasteiger partial charge in [-0.15, -0.1) is 0 Å². The Morgan fingerprint density at radius 2 is 1.81 bits per heavy atom. The van der Waals surface area contributed by atoms with Crippen molar-refractivity contribution in [1.82, 2.24) is 4.90 Å². The molecule has 1 aromatic carbocycles. The summed E-state index contributed by atoms with van der Waals surface area (Å²) < 4.78 is 5.42. The molecule has 1 atom stereocenters. The lowest BCUT2D eigenvalue weighted by atomic mass is 10.1. The molecule has 0 aliphatic heterocycles. The first-order valence-electron chi connectivity index (χ1n) is 6.01. The van der Waals surface area contributed by atoms with Crippen LogP contribution in [-0.4, -0.2) is 31.6 Å². The Morgan fingerprint density at radius 3 is 2.31 bits per heavy atom. The van der Waals surface area contributed by atoms with Gasteiger partial charge in [-0.2, -0.15) is 0 Å². The lowest BCUT2D eigenvalue weighted by Gasteiger charge is -2.19. The van der Waals surface area contributed by atoms with Gasteiger partial charge in [0.25, 0.3) is 0 Å². The van der Waals surface area contributed by atoms with Gasteiger partial charge in [-0.3, -0.25) is 0 Å². The lowest BCUT2D eigenvalue weighted by molar-refractivity contribution is 0.299. The number of ether oxygens (including phenoxy) is 1. The first kappa shape index (κ1) is 13.0. The van der Waals surface area contributed by atoms with E-state index in [4.69, 9.17) is 4.74 Å². The number of rotatable bonds is 6. The van der Waals surface area contributed by atoms with E-state index in [0.29, 0.717) is 6.04 Å².